The quantitative estimate of drug-likeness (QED) is 0.691. The number of ether oxygens (including phenoxy) is 1. The van der Waals surface area contributed by atoms with Crippen molar-refractivity contribution >= 4 is 15.7 Å². The van der Waals surface area contributed by atoms with Crippen molar-refractivity contribution in [2.24, 2.45) is 0 Å². The molecule has 3 aromatic rings. The van der Waals surface area contributed by atoms with E-state index < -0.39 is 15.8 Å². The molecule has 2 aliphatic heterocycles. The summed E-state index contributed by atoms with van der Waals surface area (Å²) in [7, 11) is -3.59. The van der Waals surface area contributed by atoms with Crippen molar-refractivity contribution in [1.29, 1.82) is 0 Å². The summed E-state index contributed by atoms with van der Waals surface area (Å²) >= 11 is 0. The lowest BCUT2D eigenvalue weighted by molar-refractivity contribution is 0.478. The molecule has 10 heteroatoms. The van der Waals surface area contributed by atoms with Crippen LogP contribution in [0.5, 0.6) is 11.5 Å². The van der Waals surface area contributed by atoms with Gasteiger partial charge in [0.15, 0.2) is 0 Å². The third-order valence-corrected chi connectivity index (χ3v) is 6.32. The third kappa shape index (κ3) is 2.86. The minimum absolute atomic E-state index is 0.146. The van der Waals surface area contributed by atoms with Crippen LogP contribution in [0.1, 0.15) is 12.8 Å². The molecule has 28 heavy (non-hydrogen) atoms. The molecule has 2 aromatic carbocycles. The Hall–Kier alpha value is -3.11. The van der Waals surface area contributed by atoms with Gasteiger partial charge in [0.1, 0.15) is 16.4 Å². The molecule has 0 radical (unpaired) electrons. The van der Waals surface area contributed by atoms with Crippen LogP contribution in [0.25, 0.3) is 11.5 Å². The van der Waals surface area contributed by atoms with Crippen LogP contribution < -0.4 is 20.1 Å². The van der Waals surface area contributed by atoms with E-state index in [0.717, 1.165) is 19.4 Å². The Morgan fingerprint density at radius 3 is 2.86 bits per heavy atom. The number of anilines is 1. The normalized spacial score (nSPS) is 19.9. The van der Waals surface area contributed by atoms with Crippen molar-refractivity contribution in [3.8, 4) is 23.0 Å². The molecule has 1 saturated heterocycles. The van der Waals surface area contributed by atoms with Gasteiger partial charge >= 0.3 is 5.76 Å². The Labute approximate surface area is 160 Å². The van der Waals surface area contributed by atoms with E-state index >= 15 is 0 Å². The van der Waals surface area contributed by atoms with Crippen molar-refractivity contribution in [2.75, 3.05) is 11.4 Å². The Kier molecular flexibility index (Phi) is 3.78. The van der Waals surface area contributed by atoms with Crippen LogP contribution in [0, 0.1) is 0 Å². The van der Waals surface area contributed by atoms with Gasteiger partial charge in [-0.1, -0.05) is 6.07 Å². The number of rotatable bonds is 3. The first-order chi connectivity index (χ1) is 13.5. The first-order valence-corrected chi connectivity index (χ1v) is 10.2. The maximum atomic E-state index is 12.6. The van der Waals surface area contributed by atoms with Crippen LogP contribution in [-0.2, 0) is 10.0 Å². The van der Waals surface area contributed by atoms with E-state index in [1.165, 1.54) is 6.07 Å². The zero-order valence-electron chi connectivity index (χ0n) is 14.6. The van der Waals surface area contributed by atoms with E-state index in [-0.39, 0.29) is 17.0 Å². The van der Waals surface area contributed by atoms with Gasteiger partial charge in [0.25, 0.3) is 0 Å². The van der Waals surface area contributed by atoms with Crippen LogP contribution in [-0.4, -0.2) is 31.3 Å². The van der Waals surface area contributed by atoms with Crippen molar-refractivity contribution in [2.45, 2.75) is 23.9 Å². The summed E-state index contributed by atoms with van der Waals surface area (Å²) in [5.41, 5.74) is 1.25. The summed E-state index contributed by atoms with van der Waals surface area (Å²) in [6.45, 7) is 0.817. The standard InChI is InChI=1S/C18H16N4O5S/c23-18-20-19-17(27-18)11-3-1-4-12(9-11)26-13-6-7-14-15(10-13)28(24,25)21-16-5-2-8-22(14)16/h1,3-4,6-7,9-10,16,21H,2,5,8H2,(H,20,23). The number of hydrogen-bond acceptors (Lipinski definition) is 7. The number of aromatic amines is 1. The predicted molar refractivity (Wildman–Crippen MR) is 99.8 cm³/mol. The molecule has 2 aliphatic rings. The lowest BCUT2D eigenvalue weighted by Gasteiger charge is -2.33. The summed E-state index contributed by atoms with van der Waals surface area (Å²) in [6, 6.07) is 11.9. The second kappa shape index (κ2) is 6.21. The predicted octanol–water partition coefficient (Wildman–Crippen LogP) is 2.04. The fourth-order valence-electron chi connectivity index (χ4n) is 3.61. The second-order valence-electron chi connectivity index (χ2n) is 6.65. The van der Waals surface area contributed by atoms with E-state index in [1.54, 1.807) is 36.4 Å². The van der Waals surface area contributed by atoms with E-state index in [0.29, 0.717) is 22.7 Å². The number of benzene rings is 2. The Balaban J connectivity index is 1.48. The molecule has 3 heterocycles. The van der Waals surface area contributed by atoms with Crippen LogP contribution >= 0.6 is 0 Å². The van der Waals surface area contributed by atoms with Gasteiger partial charge in [0.2, 0.25) is 15.9 Å². The van der Waals surface area contributed by atoms with Crippen molar-refractivity contribution in [3.63, 3.8) is 0 Å². The molecule has 1 fully saturated rings. The number of hydrogen-bond donors (Lipinski definition) is 2. The first kappa shape index (κ1) is 17.0. The highest BCUT2D eigenvalue weighted by molar-refractivity contribution is 7.89. The average molecular weight is 400 g/mol. The van der Waals surface area contributed by atoms with Gasteiger partial charge in [0, 0.05) is 18.2 Å². The van der Waals surface area contributed by atoms with E-state index in [1.807, 2.05) is 0 Å². The lowest BCUT2D eigenvalue weighted by atomic mass is 10.2. The topological polar surface area (TPSA) is 118 Å². The number of H-pyrrole nitrogens is 1. The Morgan fingerprint density at radius 2 is 2.04 bits per heavy atom. The average Bonchev–Trinajstić information content (AvgIpc) is 3.30. The van der Waals surface area contributed by atoms with Gasteiger partial charge in [-0.25, -0.2) is 18.3 Å². The second-order valence-corrected chi connectivity index (χ2v) is 8.33. The monoisotopic (exact) mass is 400 g/mol. The van der Waals surface area contributed by atoms with Crippen molar-refractivity contribution < 1.29 is 17.6 Å². The molecule has 2 N–H and O–H groups in total. The lowest BCUT2D eigenvalue weighted by Crippen LogP contribution is -2.48. The molecular weight excluding hydrogens is 384 g/mol. The van der Waals surface area contributed by atoms with Crippen LogP contribution in [0.2, 0.25) is 0 Å². The van der Waals surface area contributed by atoms with E-state index in [2.05, 4.69) is 19.8 Å². The van der Waals surface area contributed by atoms with E-state index in [4.69, 9.17) is 9.15 Å². The molecular formula is C18H16N4O5S. The van der Waals surface area contributed by atoms with Gasteiger partial charge in [-0.05, 0) is 43.2 Å². The van der Waals surface area contributed by atoms with E-state index in [9.17, 15) is 13.2 Å². The molecule has 5 rings (SSSR count). The number of nitrogens with one attached hydrogen (secondary N) is 2. The van der Waals surface area contributed by atoms with Crippen LogP contribution in [0.4, 0.5) is 5.69 Å². The molecule has 144 valence electrons. The minimum Gasteiger partial charge on any atom is -0.457 e. The maximum absolute atomic E-state index is 12.6. The minimum atomic E-state index is -3.59. The number of fused-ring (bicyclic) bond motifs is 3. The number of sulfonamides is 1. The first-order valence-electron chi connectivity index (χ1n) is 8.76. The van der Waals surface area contributed by atoms with Gasteiger partial charge < -0.3 is 14.1 Å². The molecule has 1 unspecified atom stereocenters. The van der Waals surface area contributed by atoms with Crippen molar-refractivity contribution in [1.82, 2.24) is 14.9 Å². The van der Waals surface area contributed by atoms with Crippen LogP contribution in [0.3, 0.4) is 0 Å². The summed E-state index contributed by atoms with van der Waals surface area (Å²) in [4.78, 5) is 13.4. The van der Waals surface area contributed by atoms with Crippen LogP contribution in [0.15, 0.2) is 56.6 Å². The van der Waals surface area contributed by atoms with Gasteiger partial charge in [-0.3, -0.25) is 0 Å². The molecule has 1 atom stereocenters. The van der Waals surface area contributed by atoms with Gasteiger partial charge in [-0.2, -0.15) is 4.72 Å². The van der Waals surface area contributed by atoms with Gasteiger partial charge in [-0.15, -0.1) is 5.10 Å². The smallest absolute Gasteiger partial charge is 0.434 e. The Morgan fingerprint density at radius 1 is 1.18 bits per heavy atom. The third-order valence-electron chi connectivity index (χ3n) is 4.83. The maximum Gasteiger partial charge on any atom is 0.434 e. The summed E-state index contributed by atoms with van der Waals surface area (Å²) in [5, 5.41) is 6.00. The SMILES string of the molecule is O=c1[nH]nc(-c2cccc(Oc3ccc4c(c3)S(=O)(=O)NC3CCCN43)c2)o1. The molecule has 0 saturated carbocycles. The molecule has 0 bridgehead atoms. The van der Waals surface area contributed by atoms with Crippen molar-refractivity contribution in [3.05, 3.63) is 53.0 Å². The van der Waals surface area contributed by atoms with Gasteiger partial charge in [0.05, 0.1) is 11.9 Å². The molecule has 0 spiro atoms. The highest BCUT2D eigenvalue weighted by Crippen LogP contribution is 2.38. The fourth-order valence-corrected chi connectivity index (χ4v) is 5.07. The highest BCUT2D eigenvalue weighted by Gasteiger charge is 2.37. The highest BCUT2D eigenvalue weighted by atomic mass is 32.2. The molecule has 0 amide bonds. The molecule has 1 aromatic heterocycles. The number of aromatic nitrogens is 2. The number of nitrogens with zero attached hydrogens (tertiary/aromatic N) is 2. The summed E-state index contributed by atoms with van der Waals surface area (Å²) in [6.07, 6.45) is 1.57. The molecule has 9 nitrogen and oxygen atoms in total. The zero-order chi connectivity index (χ0) is 19.3. The summed E-state index contributed by atoms with van der Waals surface area (Å²) in [5.74, 6) is 0.354. The fraction of sp³-hybridized carbons (Fsp3) is 0.222. The largest absolute Gasteiger partial charge is 0.457 e. The summed E-state index contributed by atoms with van der Waals surface area (Å²) < 4.78 is 38.7. The molecule has 0 aliphatic carbocycles. The zero-order valence-corrected chi connectivity index (χ0v) is 15.4. The Bertz CT molecular complexity index is 1220.